The van der Waals surface area contributed by atoms with Gasteiger partial charge in [0, 0.05) is 0 Å². The molecule has 0 aliphatic heterocycles. The van der Waals surface area contributed by atoms with Crippen molar-refractivity contribution in [2.24, 2.45) is 0 Å². The molecule has 1 rings (SSSR count). The van der Waals surface area contributed by atoms with E-state index in [0.29, 0.717) is 10.8 Å². The van der Waals surface area contributed by atoms with Crippen LogP contribution in [0, 0.1) is 0 Å². The van der Waals surface area contributed by atoms with Gasteiger partial charge in [-0.15, -0.1) is 0 Å². The van der Waals surface area contributed by atoms with Crippen molar-refractivity contribution in [1.82, 2.24) is 0 Å². The number of benzene rings is 1. The summed E-state index contributed by atoms with van der Waals surface area (Å²) < 4.78 is 0. The van der Waals surface area contributed by atoms with Gasteiger partial charge in [-0.25, -0.2) is 5.06 Å². The first-order chi connectivity index (χ1) is 5.99. The maximum absolute atomic E-state index is 9.21. The van der Waals surface area contributed by atoms with E-state index in [9.17, 15) is 5.21 Å². The van der Waals surface area contributed by atoms with E-state index in [1.807, 2.05) is 0 Å². The second-order valence-corrected chi connectivity index (χ2v) is 2.67. The summed E-state index contributed by atoms with van der Waals surface area (Å²) in [6.07, 6.45) is 0. The highest BCUT2D eigenvalue weighted by Gasteiger charge is 2.22. The lowest BCUT2D eigenvalue weighted by Crippen LogP contribution is -2.41. The van der Waals surface area contributed by atoms with E-state index in [1.165, 1.54) is 0 Å². The van der Waals surface area contributed by atoms with Crippen LogP contribution in [-0.2, 0) is 0 Å². The first-order valence-electron chi connectivity index (χ1n) is 3.67. The number of nitrogens with zero attached hydrogens (tertiary/aromatic N) is 1. The molecule has 5 nitrogen and oxygen atoms in total. The zero-order chi connectivity index (χ0) is 9.90. The number of hydrogen-bond acceptors (Lipinski definition) is 5. The third-order valence-corrected chi connectivity index (χ3v) is 1.42. The van der Waals surface area contributed by atoms with Gasteiger partial charge in [0.15, 0.2) is 0 Å². The van der Waals surface area contributed by atoms with Crippen molar-refractivity contribution >= 4 is 5.69 Å². The molecule has 5 heteroatoms. The SMILES string of the molecule is ON(CC(O)(O)O)c1ccccc1. The number of hydroxylamine groups is 1. The summed E-state index contributed by atoms with van der Waals surface area (Å²) in [7, 11) is 0. The van der Waals surface area contributed by atoms with Crippen LogP contribution in [0.2, 0.25) is 0 Å². The van der Waals surface area contributed by atoms with Crippen LogP contribution in [0.25, 0.3) is 0 Å². The molecule has 4 N–H and O–H groups in total. The molecule has 0 aliphatic carbocycles. The van der Waals surface area contributed by atoms with Gasteiger partial charge in [-0.2, -0.15) is 0 Å². The highest BCUT2D eigenvalue weighted by Crippen LogP contribution is 2.12. The molecule has 0 bridgehead atoms. The Hall–Kier alpha value is -1.14. The van der Waals surface area contributed by atoms with Gasteiger partial charge in [0.2, 0.25) is 0 Å². The molecule has 1 aromatic rings. The van der Waals surface area contributed by atoms with Crippen LogP contribution in [0.5, 0.6) is 0 Å². The standard InChI is InChI=1S/C8H11NO4/c10-8(11,12)6-9(13)7-4-2-1-3-5-7/h1-5,10-13H,6H2. The molecule has 0 spiro atoms. The molecule has 0 saturated carbocycles. The van der Waals surface area contributed by atoms with Gasteiger partial charge in [-0.3, -0.25) is 5.21 Å². The van der Waals surface area contributed by atoms with Crippen molar-refractivity contribution in [3.63, 3.8) is 0 Å². The zero-order valence-corrected chi connectivity index (χ0v) is 6.83. The maximum atomic E-state index is 9.21. The minimum Gasteiger partial charge on any atom is -0.342 e. The van der Waals surface area contributed by atoms with Gasteiger partial charge in [-0.05, 0) is 12.1 Å². The fraction of sp³-hybridized carbons (Fsp3) is 0.250. The molecule has 72 valence electrons. The van der Waals surface area contributed by atoms with Crippen LogP contribution >= 0.6 is 0 Å². The third-order valence-electron chi connectivity index (χ3n) is 1.42. The lowest BCUT2D eigenvalue weighted by atomic mass is 10.3. The number of para-hydroxylation sites is 1. The molecule has 0 aromatic heterocycles. The molecule has 0 atom stereocenters. The second-order valence-electron chi connectivity index (χ2n) is 2.67. The Labute approximate surface area is 75.1 Å². The summed E-state index contributed by atoms with van der Waals surface area (Å²) in [5, 5.41) is 35.4. The van der Waals surface area contributed by atoms with Crippen molar-refractivity contribution in [3.8, 4) is 0 Å². The summed E-state index contributed by atoms with van der Waals surface area (Å²) in [5.41, 5.74) is 0.365. The normalized spacial score (nSPS) is 11.4. The van der Waals surface area contributed by atoms with E-state index < -0.39 is 12.5 Å². The quantitative estimate of drug-likeness (QED) is 0.377. The van der Waals surface area contributed by atoms with Crippen molar-refractivity contribution in [2.45, 2.75) is 5.97 Å². The van der Waals surface area contributed by atoms with Crippen molar-refractivity contribution in [1.29, 1.82) is 0 Å². The number of hydrogen-bond donors (Lipinski definition) is 4. The van der Waals surface area contributed by atoms with E-state index in [4.69, 9.17) is 15.3 Å². The Balaban J connectivity index is 2.64. The third kappa shape index (κ3) is 3.39. The maximum Gasteiger partial charge on any atom is 0.296 e. The van der Waals surface area contributed by atoms with Gasteiger partial charge in [0.1, 0.15) is 6.54 Å². The van der Waals surface area contributed by atoms with Crippen molar-refractivity contribution in [3.05, 3.63) is 30.3 Å². The van der Waals surface area contributed by atoms with Gasteiger partial charge in [0.25, 0.3) is 5.97 Å². The zero-order valence-electron chi connectivity index (χ0n) is 6.83. The van der Waals surface area contributed by atoms with Gasteiger partial charge >= 0.3 is 0 Å². The summed E-state index contributed by atoms with van der Waals surface area (Å²) in [6, 6.07) is 8.22. The van der Waals surface area contributed by atoms with E-state index in [1.54, 1.807) is 30.3 Å². The summed E-state index contributed by atoms with van der Waals surface area (Å²) in [6.45, 7) is -0.697. The number of aliphatic hydroxyl groups is 3. The molecule has 0 unspecified atom stereocenters. The van der Waals surface area contributed by atoms with E-state index >= 15 is 0 Å². The Morgan fingerprint density at radius 2 is 1.62 bits per heavy atom. The van der Waals surface area contributed by atoms with Crippen molar-refractivity contribution < 1.29 is 20.5 Å². The van der Waals surface area contributed by atoms with Crippen molar-refractivity contribution in [2.75, 3.05) is 11.6 Å². The van der Waals surface area contributed by atoms with Gasteiger partial charge in [0.05, 0.1) is 5.69 Å². The van der Waals surface area contributed by atoms with E-state index in [-0.39, 0.29) is 0 Å². The summed E-state index contributed by atoms with van der Waals surface area (Å²) in [5.74, 6) is -2.90. The number of rotatable bonds is 3. The summed E-state index contributed by atoms with van der Waals surface area (Å²) >= 11 is 0. The first-order valence-corrected chi connectivity index (χ1v) is 3.67. The molecule has 0 radical (unpaired) electrons. The minimum absolute atomic E-state index is 0.365. The monoisotopic (exact) mass is 185 g/mol. The van der Waals surface area contributed by atoms with Crippen LogP contribution in [0.1, 0.15) is 0 Å². The molecule has 0 amide bonds. The summed E-state index contributed by atoms with van der Waals surface area (Å²) in [4.78, 5) is 0. The predicted molar refractivity (Wildman–Crippen MR) is 45.0 cm³/mol. The van der Waals surface area contributed by atoms with Crippen LogP contribution in [0.4, 0.5) is 5.69 Å². The largest absolute Gasteiger partial charge is 0.342 e. The van der Waals surface area contributed by atoms with Crippen LogP contribution in [-0.4, -0.2) is 33.0 Å². The Kier molecular flexibility index (Phi) is 2.84. The Morgan fingerprint density at radius 1 is 1.08 bits per heavy atom. The van der Waals surface area contributed by atoms with Crippen LogP contribution in [0.3, 0.4) is 0 Å². The lowest BCUT2D eigenvalue weighted by Gasteiger charge is -2.22. The minimum atomic E-state index is -2.90. The Morgan fingerprint density at radius 3 is 2.08 bits per heavy atom. The van der Waals surface area contributed by atoms with Crippen LogP contribution < -0.4 is 5.06 Å². The highest BCUT2D eigenvalue weighted by atomic mass is 16.7. The number of anilines is 1. The molecule has 13 heavy (non-hydrogen) atoms. The second kappa shape index (κ2) is 3.71. The first kappa shape index (κ1) is 9.94. The van der Waals surface area contributed by atoms with Crippen LogP contribution in [0.15, 0.2) is 30.3 Å². The Bertz CT molecular complexity index is 257. The fourth-order valence-corrected chi connectivity index (χ4v) is 0.892. The average molecular weight is 185 g/mol. The van der Waals surface area contributed by atoms with Gasteiger partial charge in [-0.1, -0.05) is 18.2 Å². The molecule has 1 aromatic carbocycles. The highest BCUT2D eigenvalue weighted by molar-refractivity contribution is 5.42. The smallest absolute Gasteiger partial charge is 0.296 e. The average Bonchev–Trinajstić information content (AvgIpc) is 2.03. The predicted octanol–water partition coefficient (Wildman–Crippen LogP) is -0.487. The molecule has 0 aliphatic rings. The fourth-order valence-electron chi connectivity index (χ4n) is 0.892. The lowest BCUT2D eigenvalue weighted by molar-refractivity contribution is -0.307. The van der Waals surface area contributed by atoms with Gasteiger partial charge < -0.3 is 15.3 Å². The molecule has 0 heterocycles. The molecule has 0 fully saturated rings. The molecular weight excluding hydrogens is 174 g/mol. The topological polar surface area (TPSA) is 84.2 Å². The van der Waals surface area contributed by atoms with E-state index in [2.05, 4.69) is 0 Å². The van der Waals surface area contributed by atoms with E-state index in [0.717, 1.165) is 0 Å². The molecular formula is C8H11NO4. The molecule has 0 saturated heterocycles.